The number of anilines is 1. The lowest BCUT2D eigenvalue weighted by atomic mass is 10.1. The summed E-state index contributed by atoms with van der Waals surface area (Å²) in [4.78, 5) is 14.3. The molecule has 100 valence electrons. The topological polar surface area (TPSA) is 79.3 Å². The third-order valence-corrected chi connectivity index (χ3v) is 3.19. The van der Waals surface area contributed by atoms with Gasteiger partial charge in [-0.1, -0.05) is 6.07 Å². The Hall–Kier alpha value is -2.22. The van der Waals surface area contributed by atoms with Gasteiger partial charge in [0, 0.05) is 12.6 Å². The molecular weight excluding hydrogens is 242 g/mol. The van der Waals surface area contributed by atoms with Gasteiger partial charge in [-0.15, -0.1) is 0 Å². The summed E-state index contributed by atoms with van der Waals surface area (Å²) in [6, 6.07) is 7.48. The molecule has 5 heteroatoms. The van der Waals surface area contributed by atoms with Gasteiger partial charge < -0.3 is 15.4 Å². The van der Waals surface area contributed by atoms with Crippen LogP contribution >= 0.6 is 0 Å². The predicted molar refractivity (Wildman–Crippen MR) is 71.7 cm³/mol. The number of nitrogens with zero attached hydrogens (tertiary/aromatic N) is 2. The number of carbonyl (C=O) groups excluding carboxylic acids is 1. The Balaban J connectivity index is 2.26. The zero-order valence-corrected chi connectivity index (χ0v) is 10.9. The van der Waals surface area contributed by atoms with Crippen molar-refractivity contribution in [3.05, 3.63) is 23.8 Å². The van der Waals surface area contributed by atoms with E-state index in [-0.39, 0.29) is 11.9 Å². The van der Waals surface area contributed by atoms with E-state index in [1.807, 2.05) is 0 Å². The van der Waals surface area contributed by atoms with Crippen molar-refractivity contribution in [3.63, 3.8) is 0 Å². The summed E-state index contributed by atoms with van der Waals surface area (Å²) in [6.45, 7) is 0.456. The number of hydrogen-bond acceptors (Lipinski definition) is 4. The first-order valence-corrected chi connectivity index (χ1v) is 6.29. The summed E-state index contributed by atoms with van der Waals surface area (Å²) in [5.74, 6) is 0.303. The van der Waals surface area contributed by atoms with Crippen LogP contribution in [0.4, 0.5) is 5.69 Å². The van der Waals surface area contributed by atoms with Crippen LogP contribution in [-0.2, 0) is 0 Å². The Bertz CT molecular complexity index is 518. The lowest BCUT2D eigenvalue weighted by molar-refractivity contribution is 0.0743. The number of benzene rings is 1. The summed E-state index contributed by atoms with van der Waals surface area (Å²) >= 11 is 0. The highest BCUT2D eigenvalue weighted by atomic mass is 16.5. The molecular formula is C14H17N3O2. The molecule has 5 nitrogen and oxygen atoms in total. The van der Waals surface area contributed by atoms with Gasteiger partial charge in [0.2, 0.25) is 0 Å². The largest absolute Gasteiger partial charge is 0.494 e. The van der Waals surface area contributed by atoms with E-state index in [1.54, 1.807) is 23.1 Å². The minimum Gasteiger partial charge on any atom is -0.494 e. The van der Waals surface area contributed by atoms with Crippen molar-refractivity contribution in [3.8, 4) is 11.8 Å². The van der Waals surface area contributed by atoms with E-state index in [0.29, 0.717) is 30.0 Å². The molecule has 2 rings (SSSR count). The number of amides is 1. The quantitative estimate of drug-likeness (QED) is 0.818. The van der Waals surface area contributed by atoms with Crippen molar-refractivity contribution >= 4 is 11.6 Å². The van der Waals surface area contributed by atoms with E-state index in [4.69, 9.17) is 15.7 Å². The van der Waals surface area contributed by atoms with Crippen LogP contribution in [0.15, 0.2) is 18.2 Å². The van der Waals surface area contributed by atoms with Gasteiger partial charge in [0.1, 0.15) is 0 Å². The lowest BCUT2D eigenvalue weighted by Gasteiger charge is -2.22. The van der Waals surface area contributed by atoms with Crippen molar-refractivity contribution in [2.75, 3.05) is 19.4 Å². The van der Waals surface area contributed by atoms with Crippen LogP contribution in [-0.4, -0.2) is 30.5 Å². The van der Waals surface area contributed by atoms with Gasteiger partial charge in [0.05, 0.1) is 30.9 Å². The summed E-state index contributed by atoms with van der Waals surface area (Å²) in [5, 5.41) is 8.68. The van der Waals surface area contributed by atoms with Crippen molar-refractivity contribution in [2.45, 2.75) is 25.3 Å². The second kappa shape index (κ2) is 5.61. The number of methoxy groups -OCH3 is 1. The average Bonchev–Trinajstić information content (AvgIpc) is 3.23. The van der Waals surface area contributed by atoms with Crippen LogP contribution in [0.1, 0.15) is 29.6 Å². The first-order chi connectivity index (χ1) is 9.19. The zero-order chi connectivity index (χ0) is 13.8. The van der Waals surface area contributed by atoms with E-state index < -0.39 is 0 Å². The first-order valence-electron chi connectivity index (χ1n) is 6.29. The number of carbonyl (C=O) groups is 1. The maximum atomic E-state index is 12.5. The predicted octanol–water partition coefficient (Wildman–Crippen LogP) is 1.80. The Morgan fingerprint density at radius 1 is 1.58 bits per heavy atom. The Labute approximate surface area is 112 Å². The molecule has 2 N–H and O–H groups in total. The van der Waals surface area contributed by atoms with Gasteiger partial charge in [0.25, 0.3) is 5.91 Å². The second-order valence-corrected chi connectivity index (χ2v) is 4.57. The molecule has 0 heterocycles. The molecule has 0 spiro atoms. The van der Waals surface area contributed by atoms with Gasteiger partial charge in [0.15, 0.2) is 5.75 Å². The van der Waals surface area contributed by atoms with Crippen molar-refractivity contribution in [1.29, 1.82) is 5.26 Å². The van der Waals surface area contributed by atoms with Crippen LogP contribution < -0.4 is 10.5 Å². The molecule has 1 aliphatic rings. The molecule has 1 aliphatic carbocycles. The monoisotopic (exact) mass is 259 g/mol. The van der Waals surface area contributed by atoms with Crippen molar-refractivity contribution in [2.24, 2.45) is 0 Å². The fraction of sp³-hybridized carbons (Fsp3) is 0.429. The highest BCUT2D eigenvalue weighted by molar-refractivity contribution is 5.99. The highest BCUT2D eigenvalue weighted by Crippen LogP contribution is 2.32. The minimum absolute atomic E-state index is 0.109. The fourth-order valence-corrected chi connectivity index (χ4v) is 2.11. The van der Waals surface area contributed by atoms with E-state index in [0.717, 1.165) is 12.8 Å². The van der Waals surface area contributed by atoms with Gasteiger partial charge in [-0.2, -0.15) is 5.26 Å². The molecule has 1 aromatic rings. The van der Waals surface area contributed by atoms with Crippen LogP contribution in [0.2, 0.25) is 0 Å². The van der Waals surface area contributed by atoms with Crippen LogP contribution in [0.5, 0.6) is 5.75 Å². The van der Waals surface area contributed by atoms with Gasteiger partial charge in [-0.05, 0) is 25.0 Å². The molecule has 19 heavy (non-hydrogen) atoms. The molecule has 1 fully saturated rings. The van der Waals surface area contributed by atoms with Crippen LogP contribution in [0, 0.1) is 11.3 Å². The molecule has 0 saturated heterocycles. The summed E-state index contributed by atoms with van der Waals surface area (Å²) in [5.41, 5.74) is 6.73. The number of nitrogen functional groups attached to an aromatic ring is 1. The van der Waals surface area contributed by atoms with E-state index in [2.05, 4.69) is 6.07 Å². The lowest BCUT2D eigenvalue weighted by Crippen LogP contribution is -2.34. The Kier molecular flexibility index (Phi) is 3.91. The van der Waals surface area contributed by atoms with E-state index in [9.17, 15) is 4.79 Å². The SMILES string of the molecule is COc1c(N)cccc1C(=O)N(CCC#N)C1CC1. The van der Waals surface area contributed by atoms with Crippen LogP contribution in [0.3, 0.4) is 0 Å². The molecule has 0 aromatic heterocycles. The third-order valence-electron chi connectivity index (χ3n) is 3.19. The van der Waals surface area contributed by atoms with Crippen LogP contribution in [0.25, 0.3) is 0 Å². The summed E-state index contributed by atoms with van der Waals surface area (Å²) in [7, 11) is 1.50. The van der Waals surface area contributed by atoms with Gasteiger partial charge in [-0.3, -0.25) is 4.79 Å². The third kappa shape index (κ3) is 2.79. The summed E-state index contributed by atoms with van der Waals surface area (Å²) in [6.07, 6.45) is 2.34. The number of ether oxygens (including phenoxy) is 1. The minimum atomic E-state index is -0.109. The number of para-hydroxylation sites is 1. The molecule has 0 atom stereocenters. The summed E-state index contributed by atoms with van der Waals surface area (Å²) < 4.78 is 5.21. The van der Waals surface area contributed by atoms with Crippen molar-refractivity contribution in [1.82, 2.24) is 4.90 Å². The number of hydrogen-bond donors (Lipinski definition) is 1. The maximum Gasteiger partial charge on any atom is 0.257 e. The maximum absolute atomic E-state index is 12.5. The molecule has 1 saturated carbocycles. The zero-order valence-electron chi connectivity index (χ0n) is 10.9. The smallest absolute Gasteiger partial charge is 0.257 e. The number of nitrogens with two attached hydrogens (primary N) is 1. The molecule has 0 radical (unpaired) electrons. The number of rotatable bonds is 5. The average molecular weight is 259 g/mol. The molecule has 0 aliphatic heterocycles. The standard InChI is InChI=1S/C14H17N3O2/c1-19-13-11(4-2-5-12(13)16)14(18)17(9-3-8-15)10-6-7-10/h2,4-5,10H,3,6-7,9,16H2,1H3. The highest BCUT2D eigenvalue weighted by Gasteiger charge is 2.33. The van der Waals surface area contributed by atoms with E-state index in [1.165, 1.54) is 7.11 Å². The normalized spacial score (nSPS) is 13.7. The first kappa shape index (κ1) is 13.2. The van der Waals surface area contributed by atoms with Gasteiger partial charge in [-0.25, -0.2) is 0 Å². The molecule has 1 aromatic carbocycles. The van der Waals surface area contributed by atoms with Gasteiger partial charge >= 0.3 is 0 Å². The van der Waals surface area contributed by atoms with E-state index >= 15 is 0 Å². The Morgan fingerprint density at radius 2 is 2.32 bits per heavy atom. The molecule has 1 amide bonds. The Morgan fingerprint density at radius 3 is 2.89 bits per heavy atom. The molecule has 0 bridgehead atoms. The van der Waals surface area contributed by atoms with Crippen molar-refractivity contribution < 1.29 is 9.53 Å². The number of nitriles is 1. The fourth-order valence-electron chi connectivity index (χ4n) is 2.11. The molecule has 0 unspecified atom stereocenters. The second-order valence-electron chi connectivity index (χ2n) is 4.57.